The van der Waals surface area contributed by atoms with E-state index in [0.717, 1.165) is 22.3 Å². The van der Waals surface area contributed by atoms with Crippen LogP contribution in [0.1, 0.15) is 22.3 Å². The molecular weight excluding hydrogens is 468 g/mol. The molecule has 4 rings (SSSR count). The third-order valence-corrected chi connectivity index (χ3v) is 5.73. The number of nitro groups is 1. The van der Waals surface area contributed by atoms with Crippen LogP contribution in [0.3, 0.4) is 0 Å². The van der Waals surface area contributed by atoms with Crippen LogP contribution in [0.15, 0.2) is 103 Å². The number of hydrogen-bond donors (Lipinski definition) is 1. The first-order chi connectivity index (χ1) is 18.1. The van der Waals surface area contributed by atoms with Crippen molar-refractivity contribution in [1.29, 1.82) is 0 Å². The predicted molar refractivity (Wildman–Crippen MR) is 142 cm³/mol. The highest BCUT2D eigenvalue weighted by atomic mass is 16.6. The molecule has 0 fully saturated rings. The number of nitro benzene ring substituents is 1. The number of nitrogens with one attached hydrogen (secondary N) is 1. The Kier molecular flexibility index (Phi) is 8.86. The first-order valence-corrected chi connectivity index (χ1v) is 12.0. The van der Waals surface area contributed by atoms with E-state index in [1.165, 1.54) is 12.1 Å². The van der Waals surface area contributed by atoms with Gasteiger partial charge in [0.2, 0.25) is 5.91 Å². The highest BCUT2D eigenvalue weighted by Crippen LogP contribution is 2.30. The van der Waals surface area contributed by atoms with Crippen molar-refractivity contribution >= 4 is 11.6 Å². The molecule has 0 aliphatic rings. The second-order valence-corrected chi connectivity index (χ2v) is 8.53. The van der Waals surface area contributed by atoms with Gasteiger partial charge in [-0.3, -0.25) is 14.9 Å². The van der Waals surface area contributed by atoms with Crippen molar-refractivity contribution in [2.24, 2.45) is 0 Å². The van der Waals surface area contributed by atoms with Gasteiger partial charge in [0.05, 0.1) is 11.3 Å². The van der Waals surface area contributed by atoms with Crippen LogP contribution < -0.4 is 14.8 Å². The van der Waals surface area contributed by atoms with E-state index < -0.39 is 4.92 Å². The van der Waals surface area contributed by atoms with E-state index in [1.807, 2.05) is 78.9 Å². The third-order valence-electron chi connectivity index (χ3n) is 5.73. The Morgan fingerprint density at radius 3 is 1.86 bits per heavy atom. The lowest BCUT2D eigenvalue weighted by atomic mass is 10.1. The van der Waals surface area contributed by atoms with E-state index in [9.17, 15) is 14.9 Å². The second kappa shape index (κ2) is 12.9. The minimum atomic E-state index is -0.459. The quantitative estimate of drug-likeness (QED) is 0.202. The lowest BCUT2D eigenvalue weighted by molar-refractivity contribution is -0.384. The van der Waals surface area contributed by atoms with Crippen LogP contribution in [0.4, 0.5) is 5.69 Å². The van der Waals surface area contributed by atoms with E-state index in [0.29, 0.717) is 37.7 Å². The Bertz CT molecular complexity index is 1310. The third kappa shape index (κ3) is 7.93. The summed E-state index contributed by atoms with van der Waals surface area (Å²) in [6.45, 7) is 1.30. The molecule has 0 saturated carbocycles. The van der Waals surface area contributed by atoms with Crippen LogP contribution in [0.5, 0.6) is 11.5 Å². The van der Waals surface area contributed by atoms with Crippen LogP contribution in [-0.4, -0.2) is 17.4 Å². The number of rotatable bonds is 12. The summed E-state index contributed by atoms with van der Waals surface area (Å²) in [5, 5.41) is 13.7. The van der Waals surface area contributed by atoms with Crippen molar-refractivity contribution in [1.82, 2.24) is 5.32 Å². The number of carbonyl (C=O) groups excluding carboxylic acids is 1. The first kappa shape index (κ1) is 25.4. The summed E-state index contributed by atoms with van der Waals surface area (Å²) in [5.41, 5.74) is 3.85. The molecule has 0 heterocycles. The van der Waals surface area contributed by atoms with Crippen molar-refractivity contribution in [2.45, 2.75) is 26.1 Å². The maximum atomic E-state index is 12.3. The number of ether oxygens (including phenoxy) is 2. The molecule has 188 valence electrons. The van der Waals surface area contributed by atoms with Gasteiger partial charge in [-0.15, -0.1) is 0 Å². The molecular formula is C30H28N2O5. The first-order valence-electron chi connectivity index (χ1n) is 12.0. The summed E-state index contributed by atoms with van der Waals surface area (Å²) in [6, 6.07) is 31.7. The normalized spacial score (nSPS) is 10.5. The van der Waals surface area contributed by atoms with Crippen LogP contribution in [0, 0.1) is 10.1 Å². The number of amides is 1. The Balaban J connectivity index is 1.35. The molecule has 4 aromatic carbocycles. The number of carbonyl (C=O) groups is 1. The van der Waals surface area contributed by atoms with Gasteiger partial charge < -0.3 is 14.8 Å². The Hall–Kier alpha value is -4.65. The number of hydrogen-bond acceptors (Lipinski definition) is 5. The average molecular weight is 497 g/mol. The number of non-ortho nitro benzene ring substituents is 1. The van der Waals surface area contributed by atoms with E-state index in [-0.39, 0.29) is 18.0 Å². The Labute approximate surface area is 215 Å². The zero-order valence-electron chi connectivity index (χ0n) is 20.3. The molecule has 0 aliphatic heterocycles. The Morgan fingerprint density at radius 2 is 1.27 bits per heavy atom. The lowest BCUT2D eigenvalue weighted by Crippen LogP contribution is -2.27. The highest BCUT2D eigenvalue weighted by Gasteiger charge is 2.10. The molecule has 1 amide bonds. The minimum absolute atomic E-state index is 0.00522. The van der Waals surface area contributed by atoms with Crippen LogP contribution >= 0.6 is 0 Å². The van der Waals surface area contributed by atoms with Crippen molar-refractivity contribution in [3.8, 4) is 11.5 Å². The van der Waals surface area contributed by atoms with Gasteiger partial charge in [0, 0.05) is 18.7 Å². The zero-order chi connectivity index (χ0) is 25.9. The highest BCUT2D eigenvalue weighted by molar-refractivity contribution is 5.78. The summed E-state index contributed by atoms with van der Waals surface area (Å²) in [4.78, 5) is 22.7. The standard InChI is InChI=1S/C30H28N2O5/c33-30(20-23-11-14-27(15-12-23)32(34)35)31-18-17-24-13-16-28(36-21-25-7-3-1-4-8-25)29(19-24)37-22-26-9-5-2-6-10-26/h1-16,19H,17-18,20-22H2,(H,31,33). The molecule has 0 unspecified atom stereocenters. The van der Waals surface area contributed by atoms with Gasteiger partial charge in [-0.2, -0.15) is 0 Å². The largest absolute Gasteiger partial charge is 0.485 e. The molecule has 7 nitrogen and oxygen atoms in total. The summed E-state index contributed by atoms with van der Waals surface area (Å²) in [7, 11) is 0. The van der Waals surface area contributed by atoms with Crippen LogP contribution in [-0.2, 0) is 30.8 Å². The number of benzene rings is 4. The fraction of sp³-hybridized carbons (Fsp3) is 0.167. The van der Waals surface area contributed by atoms with Crippen LogP contribution in [0.25, 0.3) is 0 Å². The molecule has 0 atom stereocenters. The zero-order valence-corrected chi connectivity index (χ0v) is 20.3. The molecule has 0 saturated heterocycles. The van der Waals surface area contributed by atoms with Gasteiger partial charge in [-0.1, -0.05) is 78.9 Å². The van der Waals surface area contributed by atoms with E-state index in [1.54, 1.807) is 12.1 Å². The molecule has 0 spiro atoms. The van der Waals surface area contributed by atoms with Crippen molar-refractivity contribution in [3.63, 3.8) is 0 Å². The van der Waals surface area contributed by atoms with Gasteiger partial charge in [0.15, 0.2) is 11.5 Å². The fourth-order valence-electron chi connectivity index (χ4n) is 3.74. The molecule has 0 radical (unpaired) electrons. The lowest BCUT2D eigenvalue weighted by Gasteiger charge is -2.15. The van der Waals surface area contributed by atoms with E-state index in [2.05, 4.69) is 5.32 Å². The molecule has 0 aromatic heterocycles. The van der Waals surface area contributed by atoms with Gasteiger partial charge in [0.25, 0.3) is 5.69 Å². The minimum Gasteiger partial charge on any atom is -0.485 e. The summed E-state index contributed by atoms with van der Waals surface area (Å²) < 4.78 is 12.2. The maximum Gasteiger partial charge on any atom is 0.269 e. The van der Waals surface area contributed by atoms with E-state index in [4.69, 9.17) is 9.47 Å². The molecule has 4 aromatic rings. The van der Waals surface area contributed by atoms with Gasteiger partial charge in [-0.25, -0.2) is 0 Å². The summed E-state index contributed by atoms with van der Waals surface area (Å²) in [6.07, 6.45) is 0.780. The van der Waals surface area contributed by atoms with Crippen molar-refractivity contribution in [3.05, 3.63) is 135 Å². The van der Waals surface area contributed by atoms with Crippen LogP contribution in [0.2, 0.25) is 0 Å². The molecule has 1 N–H and O–H groups in total. The average Bonchev–Trinajstić information content (AvgIpc) is 2.93. The predicted octanol–water partition coefficient (Wildman–Crippen LogP) is 5.65. The monoisotopic (exact) mass is 496 g/mol. The molecule has 0 aliphatic carbocycles. The van der Waals surface area contributed by atoms with Gasteiger partial charge in [-0.05, 0) is 40.8 Å². The maximum absolute atomic E-state index is 12.3. The summed E-state index contributed by atoms with van der Waals surface area (Å²) in [5.74, 6) is 1.16. The summed E-state index contributed by atoms with van der Waals surface area (Å²) >= 11 is 0. The fourth-order valence-corrected chi connectivity index (χ4v) is 3.74. The van der Waals surface area contributed by atoms with Crippen molar-refractivity contribution in [2.75, 3.05) is 6.54 Å². The molecule has 37 heavy (non-hydrogen) atoms. The second-order valence-electron chi connectivity index (χ2n) is 8.53. The number of nitrogens with zero attached hydrogens (tertiary/aromatic N) is 1. The van der Waals surface area contributed by atoms with Gasteiger partial charge in [0.1, 0.15) is 13.2 Å². The van der Waals surface area contributed by atoms with E-state index >= 15 is 0 Å². The SMILES string of the molecule is O=C(Cc1ccc([N+](=O)[O-])cc1)NCCc1ccc(OCc2ccccc2)c(OCc2ccccc2)c1. The van der Waals surface area contributed by atoms with Crippen molar-refractivity contribution < 1.29 is 19.2 Å². The van der Waals surface area contributed by atoms with Gasteiger partial charge >= 0.3 is 0 Å². The smallest absolute Gasteiger partial charge is 0.269 e. The topological polar surface area (TPSA) is 90.7 Å². The Morgan fingerprint density at radius 1 is 0.703 bits per heavy atom. The molecule has 0 bridgehead atoms. The molecule has 7 heteroatoms.